The molecule has 0 saturated carbocycles. The van der Waals surface area contributed by atoms with Crippen molar-refractivity contribution in [2.75, 3.05) is 5.88 Å². The fourth-order valence-corrected chi connectivity index (χ4v) is 1.74. The van der Waals surface area contributed by atoms with Crippen LogP contribution in [0.1, 0.15) is 10.4 Å². The maximum Gasteiger partial charge on any atom is 0.339 e. The van der Waals surface area contributed by atoms with E-state index in [1.165, 1.54) is 6.07 Å². The molecule has 86 valence electrons. The highest BCUT2D eigenvalue weighted by Crippen LogP contribution is 2.34. The lowest BCUT2D eigenvalue weighted by Gasteiger charge is -2.06. The Hall–Kier alpha value is -0.780. The Kier molecular flexibility index (Phi) is 4.58. The maximum absolute atomic E-state index is 11.0. The SMILES string of the molecule is NC(CCl)=Nc1c(Br)ccc(Cl)c1C(=O)O. The third kappa shape index (κ3) is 2.87. The van der Waals surface area contributed by atoms with E-state index < -0.39 is 5.97 Å². The molecule has 0 saturated heterocycles. The molecule has 0 spiro atoms. The Morgan fingerprint density at radius 3 is 2.69 bits per heavy atom. The maximum atomic E-state index is 11.0. The topological polar surface area (TPSA) is 75.7 Å². The van der Waals surface area contributed by atoms with Crippen molar-refractivity contribution in [1.29, 1.82) is 0 Å². The summed E-state index contributed by atoms with van der Waals surface area (Å²) in [5.41, 5.74) is 5.51. The summed E-state index contributed by atoms with van der Waals surface area (Å²) in [6, 6.07) is 3.06. The Balaban J connectivity index is 3.46. The first kappa shape index (κ1) is 13.3. The highest BCUT2D eigenvalue weighted by atomic mass is 79.9. The van der Waals surface area contributed by atoms with Gasteiger partial charge in [-0.05, 0) is 28.1 Å². The molecular weight excluding hydrogens is 319 g/mol. The molecule has 3 N–H and O–H groups in total. The lowest BCUT2D eigenvalue weighted by molar-refractivity contribution is 0.0698. The van der Waals surface area contributed by atoms with Crippen molar-refractivity contribution in [3.05, 3.63) is 27.2 Å². The van der Waals surface area contributed by atoms with E-state index in [9.17, 15) is 4.79 Å². The number of hydrogen-bond donors (Lipinski definition) is 2. The van der Waals surface area contributed by atoms with E-state index in [2.05, 4.69) is 20.9 Å². The summed E-state index contributed by atoms with van der Waals surface area (Å²) in [5.74, 6) is -1.04. The molecule has 1 aromatic rings. The van der Waals surface area contributed by atoms with Crippen LogP contribution in [0.15, 0.2) is 21.6 Å². The molecule has 0 fully saturated rings. The monoisotopic (exact) mass is 324 g/mol. The van der Waals surface area contributed by atoms with Gasteiger partial charge in [0, 0.05) is 4.47 Å². The molecule has 0 bridgehead atoms. The van der Waals surface area contributed by atoms with E-state index in [0.717, 1.165) is 0 Å². The van der Waals surface area contributed by atoms with Crippen LogP contribution in [0.25, 0.3) is 0 Å². The molecule has 0 amide bonds. The number of alkyl halides is 1. The van der Waals surface area contributed by atoms with Crippen LogP contribution < -0.4 is 5.73 Å². The minimum absolute atomic E-state index is 0.0119. The number of carbonyl (C=O) groups is 1. The second kappa shape index (κ2) is 5.52. The number of hydrogen-bond acceptors (Lipinski definition) is 2. The smallest absolute Gasteiger partial charge is 0.339 e. The summed E-state index contributed by atoms with van der Waals surface area (Å²) < 4.78 is 0.488. The van der Waals surface area contributed by atoms with Gasteiger partial charge in [-0.2, -0.15) is 0 Å². The van der Waals surface area contributed by atoms with Crippen LogP contribution in [-0.2, 0) is 0 Å². The Morgan fingerprint density at radius 1 is 1.56 bits per heavy atom. The number of nitrogens with zero attached hydrogens (tertiary/aromatic N) is 1. The number of nitrogens with two attached hydrogens (primary N) is 1. The van der Waals surface area contributed by atoms with Crippen LogP contribution in [0.5, 0.6) is 0 Å². The van der Waals surface area contributed by atoms with Crippen LogP contribution in [0, 0.1) is 0 Å². The van der Waals surface area contributed by atoms with Crippen molar-refractivity contribution in [2.24, 2.45) is 10.7 Å². The molecule has 0 radical (unpaired) electrons. The molecule has 4 nitrogen and oxygen atoms in total. The van der Waals surface area contributed by atoms with Crippen LogP contribution in [-0.4, -0.2) is 22.8 Å². The first-order chi connectivity index (χ1) is 7.47. The predicted molar refractivity (Wildman–Crippen MR) is 68.1 cm³/mol. The zero-order valence-electron chi connectivity index (χ0n) is 7.88. The van der Waals surface area contributed by atoms with Gasteiger partial charge in [0.2, 0.25) is 0 Å². The molecule has 0 atom stereocenters. The van der Waals surface area contributed by atoms with Crippen molar-refractivity contribution in [2.45, 2.75) is 0 Å². The van der Waals surface area contributed by atoms with Gasteiger partial charge in [0.25, 0.3) is 0 Å². The molecule has 0 unspecified atom stereocenters. The van der Waals surface area contributed by atoms with Crippen molar-refractivity contribution < 1.29 is 9.90 Å². The summed E-state index contributed by atoms with van der Waals surface area (Å²) in [4.78, 5) is 14.9. The lowest BCUT2D eigenvalue weighted by Crippen LogP contribution is -2.13. The highest BCUT2D eigenvalue weighted by Gasteiger charge is 2.17. The largest absolute Gasteiger partial charge is 0.478 e. The van der Waals surface area contributed by atoms with Crippen molar-refractivity contribution in [3.8, 4) is 0 Å². The normalized spacial score (nSPS) is 11.6. The van der Waals surface area contributed by atoms with E-state index in [1.54, 1.807) is 6.07 Å². The average molecular weight is 326 g/mol. The van der Waals surface area contributed by atoms with Crippen molar-refractivity contribution in [3.63, 3.8) is 0 Å². The summed E-state index contributed by atoms with van der Waals surface area (Å²) in [6.07, 6.45) is 0. The molecular formula is C9H7BrCl2N2O2. The molecule has 16 heavy (non-hydrogen) atoms. The molecule has 0 aromatic heterocycles. The standard InChI is InChI=1S/C9H7BrCl2N2O2/c10-4-1-2-5(12)7(9(15)16)8(4)14-6(13)3-11/h1-2H,3H2,(H2,13,14)(H,15,16). The van der Waals surface area contributed by atoms with Gasteiger partial charge in [0.15, 0.2) is 0 Å². The predicted octanol–water partition coefficient (Wildman–Crippen LogP) is 3.03. The van der Waals surface area contributed by atoms with Crippen molar-refractivity contribution in [1.82, 2.24) is 0 Å². The third-order valence-corrected chi connectivity index (χ3v) is 2.91. The fourth-order valence-electron chi connectivity index (χ4n) is 1.03. The number of aromatic carboxylic acids is 1. The lowest BCUT2D eigenvalue weighted by atomic mass is 10.2. The number of carboxylic acids is 1. The molecule has 0 heterocycles. The average Bonchev–Trinajstić information content (AvgIpc) is 2.22. The van der Waals surface area contributed by atoms with Gasteiger partial charge in [-0.25, -0.2) is 9.79 Å². The van der Waals surface area contributed by atoms with Crippen LogP contribution >= 0.6 is 39.1 Å². The van der Waals surface area contributed by atoms with E-state index in [1.807, 2.05) is 0 Å². The van der Waals surface area contributed by atoms with Gasteiger partial charge in [0.05, 0.1) is 16.6 Å². The van der Waals surface area contributed by atoms with Gasteiger partial charge in [0.1, 0.15) is 11.4 Å². The van der Waals surface area contributed by atoms with Crippen LogP contribution in [0.2, 0.25) is 5.02 Å². The number of rotatable bonds is 3. The first-order valence-electron chi connectivity index (χ1n) is 4.07. The summed E-state index contributed by atoms with van der Waals surface area (Å²) >= 11 is 14.4. The molecule has 0 aliphatic carbocycles. The molecule has 1 rings (SSSR count). The number of aliphatic imine (C=N–C) groups is 1. The van der Waals surface area contributed by atoms with Crippen molar-refractivity contribution >= 4 is 56.6 Å². The number of benzene rings is 1. The Bertz CT molecular complexity index is 463. The van der Waals surface area contributed by atoms with Gasteiger partial charge in [-0.3, -0.25) is 0 Å². The van der Waals surface area contributed by atoms with E-state index in [0.29, 0.717) is 4.47 Å². The zero-order valence-corrected chi connectivity index (χ0v) is 11.0. The van der Waals surface area contributed by atoms with E-state index in [4.69, 9.17) is 34.0 Å². The van der Waals surface area contributed by atoms with Gasteiger partial charge in [-0.15, -0.1) is 11.6 Å². The molecule has 0 aliphatic heterocycles. The second-order valence-electron chi connectivity index (χ2n) is 2.79. The molecule has 7 heteroatoms. The Morgan fingerprint density at radius 2 is 2.19 bits per heavy atom. The Labute approximate surface area is 110 Å². The highest BCUT2D eigenvalue weighted by molar-refractivity contribution is 9.10. The number of carboxylic acid groups (broad SMARTS) is 1. The summed E-state index contributed by atoms with van der Waals surface area (Å²) in [7, 11) is 0. The van der Waals surface area contributed by atoms with Gasteiger partial charge < -0.3 is 10.8 Å². The second-order valence-corrected chi connectivity index (χ2v) is 4.32. The van der Waals surface area contributed by atoms with Gasteiger partial charge >= 0.3 is 5.97 Å². The first-order valence-corrected chi connectivity index (χ1v) is 5.78. The zero-order chi connectivity index (χ0) is 12.3. The van der Waals surface area contributed by atoms with Crippen LogP contribution in [0.3, 0.4) is 0 Å². The number of amidine groups is 1. The molecule has 0 aliphatic rings. The van der Waals surface area contributed by atoms with Crippen LogP contribution in [0.4, 0.5) is 5.69 Å². The number of halogens is 3. The minimum Gasteiger partial charge on any atom is -0.478 e. The minimum atomic E-state index is -1.17. The molecule has 1 aromatic carbocycles. The quantitative estimate of drug-likeness (QED) is 0.509. The summed E-state index contributed by atoms with van der Waals surface area (Å²) in [6.45, 7) is 0. The van der Waals surface area contributed by atoms with E-state index in [-0.39, 0.29) is 28.0 Å². The third-order valence-electron chi connectivity index (χ3n) is 1.68. The van der Waals surface area contributed by atoms with Gasteiger partial charge in [-0.1, -0.05) is 11.6 Å². The fraction of sp³-hybridized carbons (Fsp3) is 0.111. The van der Waals surface area contributed by atoms with E-state index >= 15 is 0 Å². The summed E-state index contributed by atoms with van der Waals surface area (Å²) in [5, 5.41) is 9.10.